The first-order valence-electron chi connectivity index (χ1n) is 5.54. The van der Waals surface area contributed by atoms with Crippen LogP contribution in [0.25, 0.3) is 0 Å². The molecule has 0 fully saturated rings. The average molecular weight is 290 g/mol. The average Bonchev–Trinajstić information content (AvgIpc) is 2.26. The summed E-state index contributed by atoms with van der Waals surface area (Å²) in [5.41, 5.74) is 0.547. The maximum atomic E-state index is 13.4. The van der Waals surface area contributed by atoms with Crippen LogP contribution in [-0.4, -0.2) is 18.3 Å². The number of hydrogen-bond donors (Lipinski definition) is 2. The second kappa shape index (κ2) is 7.63. The molecular formula is C12H17BrFNO. The third-order valence-electron chi connectivity index (χ3n) is 2.33. The summed E-state index contributed by atoms with van der Waals surface area (Å²) in [6.45, 7) is 1.03. The fourth-order valence-electron chi connectivity index (χ4n) is 1.45. The molecule has 16 heavy (non-hydrogen) atoms. The highest BCUT2D eigenvalue weighted by atomic mass is 79.9. The van der Waals surface area contributed by atoms with E-state index in [0.29, 0.717) is 5.69 Å². The van der Waals surface area contributed by atoms with Crippen LogP contribution in [0.4, 0.5) is 10.1 Å². The van der Waals surface area contributed by atoms with Crippen molar-refractivity contribution in [2.24, 2.45) is 0 Å². The van der Waals surface area contributed by atoms with Gasteiger partial charge in [-0.05, 0) is 31.0 Å². The number of rotatable bonds is 7. The second-order valence-corrected chi connectivity index (χ2v) is 4.60. The Balaban J connectivity index is 2.21. The van der Waals surface area contributed by atoms with Gasteiger partial charge in [0.05, 0.1) is 5.69 Å². The van der Waals surface area contributed by atoms with Crippen molar-refractivity contribution >= 4 is 21.6 Å². The van der Waals surface area contributed by atoms with E-state index >= 15 is 0 Å². The molecular weight excluding hydrogens is 273 g/mol. The zero-order valence-electron chi connectivity index (χ0n) is 9.18. The molecule has 0 aliphatic heterocycles. The molecule has 0 aliphatic rings. The standard InChI is InChI=1S/C12H17BrFNO/c13-10-5-6-12(11(14)9-10)15-7-3-1-2-4-8-16/h5-6,9,15-16H,1-4,7-8H2. The Morgan fingerprint density at radius 3 is 2.62 bits per heavy atom. The molecule has 2 N–H and O–H groups in total. The van der Waals surface area contributed by atoms with Gasteiger partial charge in [0.25, 0.3) is 0 Å². The van der Waals surface area contributed by atoms with Crippen LogP contribution >= 0.6 is 15.9 Å². The molecule has 0 atom stereocenters. The highest BCUT2D eigenvalue weighted by Gasteiger charge is 2.01. The molecule has 4 heteroatoms. The first kappa shape index (κ1) is 13.5. The van der Waals surface area contributed by atoms with Crippen LogP contribution in [0.5, 0.6) is 0 Å². The van der Waals surface area contributed by atoms with E-state index in [4.69, 9.17) is 5.11 Å². The number of hydrogen-bond acceptors (Lipinski definition) is 2. The number of benzene rings is 1. The minimum absolute atomic E-state index is 0.232. The third-order valence-corrected chi connectivity index (χ3v) is 2.82. The molecule has 0 aromatic heterocycles. The van der Waals surface area contributed by atoms with Gasteiger partial charge >= 0.3 is 0 Å². The summed E-state index contributed by atoms with van der Waals surface area (Å²) in [5.74, 6) is -0.232. The molecule has 1 aromatic carbocycles. The molecule has 1 aromatic rings. The van der Waals surface area contributed by atoms with Gasteiger partial charge in [-0.25, -0.2) is 4.39 Å². The summed E-state index contributed by atoms with van der Waals surface area (Å²) in [4.78, 5) is 0. The number of aliphatic hydroxyl groups is 1. The van der Waals surface area contributed by atoms with Crippen molar-refractivity contribution in [3.05, 3.63) is 28.5 Å². The monoisotopic (exact) mass is 289 g/mol. The first-order chi connectivity index (χ1) is 7.74. The molecule has 0 saturated heterocycles. The Morgan fingerprint density at radius 1 is 1.19 bits per heavy atom. The number of halogens is 2. The van der Waals surface area contributed by atoms with Crippen molar-refractivity contribution in [1.29, 1.82) is 0 Å². The minimum atomic E-state index is -0.232. The van der Waals surface area contributed by atoms with Gasteiger partial charge in [-0.3, -0.25) is 0 Å². The van der Waals surface area contributed by atoms with Crippen LogP contribution in [0.15, 0.2) is 22.7 Å². The first-order valence-corrected chi connectivity index (χ1v) is 6.33. The van der Waals surface area contributed by atoms with Crippen molar-refractivity contribution in [3.8, 4) is 0 Å². The summed E-state index contributed by atoms with van der Waals surface area (Å²) < 4.78 is 14.1. The van der Waals surface area contributed by atoms with Crippen LogP contribution in [0.1, 0.15) is 25.7 Å². The van der Waals surface area contributed by atoms with E-state index in [1.165, 1.54) is 6.07 Å². The highest BCUT2D eigenvalue weighted by Crippen LogP contribution is 2.19. The van der Waals surface area contributed by atoms with Gasteiger partial charge in [0.15, 0.2) is 0 Å². The number of anilines is 1. The van der Waals surface area contributed by atoms with Gasteiger partial charge in [0.2, 0.25) is 0 Å². The normalized spacial score (nSPS) is 10.4. The zero-order valence-corrected chi connectivity index (χ0v) is 10.8. The SMILES string of the molecule is OCCCCCCNc1ccc(Br)cc1F. The van der Waals surface area contributed by atoms with Gasteiger partial charge in [0.1, 0.15) is 5.82 Å². The lowest BCUT2D eigenvalue weighted by Crippen LogP contribution is -2.03. The van der Waals surface area contributed by atoms with Crippen molar-refractivity contribution < 1.29 is 9.50 Å². The maximum absolute atomic E-state index is 13.4. The van der Waals surface area contributed by atoms with Crippen LogP contribution in [0, 0.1) is 5.82 Å². The molecule has 0 unspecified atom stereocenters. The summed E-state index contributed by atoms with van der Waals surface area (Å²) >= 11 is 3.22. The van der Waals surface area contributed by atoms with E-state index in [0.717, 1.165) is 36.7 Å². The molecule has 0 aliphatic carbocycles. The van der Waals surface area contributed by atoms with Crippen LogP contribution in [0.2, 0.25) is 0 Å². The lowest BCUT2D eigenvalue weighted by Gasteiger charge is -2.07. The molecule has 0 radical (unpaired) electrons. The van der Waals surface area contributed by atoms with E-state index in [9.17, 15) is 4.39 Å². The lowest BCUT2D eigenvalue weighted by atomic mass is 10.2. The number of aliphatic hydroxyl groups excluding tert-OH is 1. The molecule has 0 spiro atoms. The minimum Gasteiger partial charge on any atom is -0.396 e. The molecule has 2 nitrogen and oxygen atoms in total. The fourth-order valence-corrected chi connectivity index (χ4v) is 1.78. The fraction of sp³-hybridized carbons (Fsp3) is 0.500. The third kappa shape index (κ3) is 4.94. The molecule has 0 amide bonds. The number of unbranched alkanes of at least 4 members (excludes halogenated alkanes) is 3. The predicted molar refractivity (Wildman–Crippen MR) is 68.1 cm³/mol. The Bertz CT molecular complexity index is 320. The Morgan fingerprint density at radius 2 is 1.94 bits per heavy atom. The van der Waals surface area contributed by atoms with Crippen molar-refractivity contribution in [2.45, 2.75) is 25.7 Å². The quantitative estimate of drug-likeness (QED) is 0.753. The predicted octanol–water partition coefficient (Wildman–Crippen LogP) is 3.55. The topological polar surface area (TPSA) is 32.3 Å². The summed E-state index contributed by atoms with van der Waals surface area (Å²) in [5, 5.41) is 11.7. The summed E-state index contributed by atoms with van der Waals surface area (Å²) in [6, 6.07) is 5.00. The zero-order chi connectivity index (χ0) is 11.8. The van der Waals surface area contributed by atoms with Gasteiger partial charge in [0, 0.05) is 17.6 Å². The van der Waals surface area contributed by atoms with Crippen molar-refractivity contribution in [1.82, 2.24) is 0 Å². The summed E-state index contributed by atoms with van der Waals surface area (Å²) in [6.07, 6.45) is 3.94. The van der Waals surface area contributed by atoms with E-state index in [2.05, 4.69) is 21.2 Å². The van der Waals surface area contributed by atoms with Gasteiger partial charge in [-0.1, -0.05) is 28.8 Å². The van der Waals surface area contributed by atoms with E-state index < -0.39 is 0 Å². The molecule has 1 rings (SSSR count). The number of nitrogens with one attached hydrogen (secondary N) is 1. The van der Waals surface area contributed by atoms with Crippen LogP contribution in [0.3, 0.4) is 0 Å². The lowest BCUT2D eigenvalue weighted by molar-refractivity contribution is 0.283. The molecule has 90 valence electrons. The highest BCUT2D eigenvalue weighted by molar-refractivity contribution is 9.10. The van der Waals surface area contributed by atoms with Crippen LogP contribution in [-0.2, 0) is 0 Å². The van der Waals surface area contributed by atoms with Crippen molar-refractivity contribution in [3.63, 3.8) is 0 Å². The van der Waals surface area contributed by atoms with Gasteiger partial charge in [-0.2, -0.15) is 0 Å². The summed E-state index contributed by atoms with van der Waals surface area (Å²) in [7, 11) is 0. The Labute approximate surface area is 104 Å². The molecule has 0 bridgehead atoms. The Kier molecular flexibility index (Phi) is 6.42. The van der Waals surface area contributed by atoms with E-state index in [1.54, 1.807) is 6.07 Å². The Hall–Kier alpha value is -0.610. The second-order valence-electron chi connectivity index (χ2n) is 3.69. The smallest absolute Gasteiger partial charge is 0.147 e. The van der Waals surface area contributed by atoms with Gasteiger partial charge in [-0.15, -0.1) is 0 Å². The van der Waals surface area contributed by atoms with E-state index in [-0.39, 0.29) is 12.4 Å². The van der Waals surface area contributed by atoms with Crippen LogP contribution < -0.4 is 5.32 Å². The molecule has 0 saturated carbocycles. The molecule has 0 heterocycles. The largest absolute Gasteiger partial charge is 0.396 e. The van der Waals surface area contributed by atoms with Gasteiger partial charge < -0.3 is 10.4 Å². The van der Waals surface area contributed by atoms with Crippen molar-refractivity contribution in [2.75, 3.05) is 18.5 Å². The maximum Gasteiger partial charge on any atom is 0.147 e. The van der Waals surface area contributed by atoms with E-state index in [1.807, 2.05) is 6.07 Å².